The quantitative estimate of drug-likeness (QED) is 0.887. The third-order valence-electron chi connectivity index (χ3n) is 4.53. The van der Waals surface area contributed by atoms with Crippen molar-refractivity contribution in [2.75, 3.05) is 13.1 Å². The van der Waals surface area contributed by atoms with Crippen molar-refractivity contribution in [1.29, 1.82) is 0 Å². The SMILES string of the molecule is CC(N)C(c1ccc(Cl)s1)N1CCC(C(C)(C)C)CC1. The minimum atomic E-state index is 0.135. The van der Waals surface area contributed by atoms with E-state index >= 15 is 0 Å². The van der Waals surface area contributed by atoms with E-state index in [2.05, 4.69) is 38.7 Å². The Kier molecular flexibility index (Phi) is 5.17. The molecule has 0 amide bonds. The molecule has 1 aromatic heterocycles. The molecule has 0 bridgehead atoms. The molecule has 2 rings (SSSR count). The van der Waals surface area contributed by atoms with Gasteiger partial charge in [-0.25, -0.2) is 0 Å². The van der Waals surface area contributed by atoms with E-state index in [0.29, 0.717) is 11.5 Å². The third kappa shape index (κ3) is 3.76. The first-order chi connectivity index (χ1) is 9.29. The molecule has 2 nitrogen and oxygen atoms in total. The highest BCUT2D eigenvalue weighted by molar-refractivity contribution is 7.16. The molecule has 2 atom stereocenters. The summed E-state index contributed by atoms with van der Waals surface area (Å²) in [6, 6.07) is 4.57. The molecule has 1 aliphatic heterocycles. The minimum Gasteiger partial charge on any atom is -0.326 e. The Labute approximate surface area is 132 Å². The maximum absolute atomic E-state index is 6.25. The average molecular weight is 315 g/mol. The van der Waals surface area contributed by atoms with Crippen LogP contribution in [0.4, 0.5) is 0 Å². The fourth-order valence-corrected chi connectivity index (χ4v) is 4.61. The number of thiophene rings is 1. The standard InChI is InChI=1S/C16H27ClN2S/c1-11(18)15(13-5-6-14(17)20-13)19-9-7-12(8-10-19)16(2,3)4/h5-6,11-12,15H,7-10,18H2,1-4H3. The van der Waals surface area contributed by atoms with Crippen molar-refractivity contribution in [3.63, 3.8) is 0 Å². The molecule has 0 radical (unpaired) electrons. The van der Waals surface area contributed by atoms with Crippen LogP contribution < -0.4 is 5.73 Å². The Morgan fingerprint density at radius 1 is 1.30 bits per heavy atom. The summed E-state index contributed by atoms with van der Waals surface area (Å²) in [4.78, 5) is 3.86. The van der Waals surface area contributed by atoms with Crippen molar-refractivity contribution in [2.24, 2.45) is 17.1 Å². The lowest BCUT2D eigenvalue weighted by Gasteiger charge is -2.42. The third-order valence-corrected chi connectivity index (χ3v) is 5.83. The molecule has 114 valence electrons. The second-order valence-corrected chi connectivity index (χ2v) is 8.87. The van der Waals surface area contributed by atoms with Gasteiger partial charge >= 0.3 is 0 Å². The summed E-state index contributed by atoms with van der Waals surface area (Å²) in [6.07, 6.45) is 2.54. The first-order valence-electron chi connectivity index (χ1n) is 7.54. The van der Waals surface area contributed by atoms with Gasteiger partial charge in [-0.15, -0.1) is 11.3 Å². The maximum atomic E-state index is 6.25. The molecule has 20 heavy (non-hydrogen) atoms. The van der Waals surface area contributed by atoms with Crippen LogP contribution in [0.1, 0.15) is 51.5 Å². The van der Waals surface area contributed by atoms with Gasteiger partial charge in [-0.2, -0.15) is 0 Å². The predicted octanol–water partition coefficient (Wildman–Crippen LogP) is 4.55. The topological polar surface area (TPSA) is 29.3 Å². The van der Waals surface area contributed by atoms with Crippen molar-refractivity contribution < 1.29 is 0 Å². The van der Waals surface area contributed by atoms with Crippen molar-refractivity contribution in [1.82, 2.24) is 4.90 Å². The maximum Gasteiger partial charge on any atom is 0.0931 e. The zero-order valence-electron chi connectivity index (χ0n) is 13.0. The van der Waals surface area contributed by atoms with Gasteiger partial charge in [0.1, 0.15) is 0 Å². The molecule has 0 aliphatic carbocycles. The van der Waals surface area contributed by atoms with Crippen LogP contribution >= 0.6 is 22.9 Å². The molecule has 1 saturated heterocycles. The molecule has 2 unspecified atom stereocenters. The number of nitrogens with two attached hydrogens (primary N) is 1. The number of piperidine rings is 1. The van der Waals surface area contributed by atoms with Gasteiger partial charge in [-0.3, -0.25) is 4.90 Å². The number of halogens is 1. The van der Waals surface area contributed by atoms with E-state index in [1.807, 2.05) is 6.07 Å². The Balaban J connectivity index is 2.06. The summed E-state index contributed by atoms with van der Waals surface area (Å²) in [7, 11) is 0. The van der Waals surface area contributed by atoms with Gasteiger partial charge in [0, 0.05) is 10.9 Å². The van der Waals surface area contributed by atoms with Gasteiger partial charge in [0.2, 0.25) is 0 Å². The van der Waals surface area contributed by atoms with Crippen LogP contribution in [0.25, 0.3) is 0 Å². The molecule has 1 aliphatic rings. The van der Waals surface area contributed by atoms with E-state index in [1.54, 1.807) is 11.3 Å². The van der Waals surface area contributed by atoms with Crippen LogP contribution in [0.15, 0.2) is 12.1 Å². The highest BCUT2D eigenvalue weighted by atomic mass is 35.5. The first-order valence-corrected chi connectivity index (χ1v) is 8.73. The lowest BCUT2D eigenvalue weighted by molar-refractivity contribution is 0.0761. The van der Waals surface area contributed by atoms with Crippen LogP contribution in [-0.2, 0) is 0 Å². The highest BCUT2D eigenvalue weighted by Gasteiger charge is 2.33. The summed E-state index contributed by atoms with van der Waals surface area (Å²) < 4.78 is 0.857. The predicted molar refractivity (Wildman–Crippen MR) is 89.5 cm³/mol. The zero-order valence-corrected chi connectivity index (χ0v) is 14.6. The largest absolute Gasteiger partial charge is 0.326 e. The second kappa shape index (κ2) is 6.35. The van der Waals surface area contributed by atoms with E-state index in [0.717, 1.165) is 23.3 Å². The Morgan fingerprint density at radius 3 is 2.30 bits per heavy atom. The van der Waals surface area contributed by atoms with Crippen LogP contribution in [-0.4, -0.2) is 24.0 Å². The van der Waals surface area contributed by atoms with E-state index < -0.39 is 0 Å². The monoisotopic (exact) mass is 314 g/mol. The summed E-state index contributed by atoms with van der Waals surface area (Å²) >= 11 is 7.76. The number of hydrogen-bond acceptors (Lipinski definition) is 3. The number of hydrogen-bond donors (Lipinski definition) is 1. The normalized spacial score (nSPS) is 21.9. The minimum absolute atomic E-state index is 0.135. The van der Waals surface area contributed by atoms with E-state index in [-0.39, 0.29) is 6.04 Å². The molecule has 2 N–H and O–H groups in total. The Hall–Kier alpha value is -0.0900. The molecular weight excluding hydrogens is 288 g/mol. The summed E-state index contributed by atoms with van der Waals surface area (Å²) in [6.45, 7) is 11.5. The number of nitrogens with zero attached hydrogens (tertiary/aromatic N) is 1. The highest BCUT2D eigenvalue weighted by Crippen LogP contribution is 2.38. The molecule has 0 aromatic carbocycles. The van der Waals surface area contributed by atoms with Gasteiger partial charge in [0.05, 0.1) is 10.4 Å². The molecule has 2 heterocycles. The fourth-order valence-electron chi connectivity index (χ4n) is 3.30. The van der Waals surface area contributed by atoms with E-state index in [1.165, 1.54) is 17.7 Å². The average Bonchev–Trinajstić information content (AvgIpc) is 2.75. The van der Waals surface area contributed by atoms with Crippen molar-refractivity contribution in [2.45, 2.75) is 52.6 Å². The first kappa shape index (κ1) is 16.3. The smallest absolute Gasteiger partial charge is 0.0931 e. The number of likely N-dealkylation sites (tertiary alicyclic amines) is 1. The summed E-state index contributed by atoms with van der Waals surface area (Å²) in [5.74, 6) is 0.819. The Bertz CT molecular complexity index is 428. The second-order valence-electron chi connectivity index (χ2n) is 7.12. The molecule has 0 spiro atoms. The van der Waals surface area contributed by atoms with Gasteiger partial charge < -0.3 is 5.73 Å². The lowest BCUT2D eigenvalue weighted by atomic mass is 9.75. The summed E-state index contributed by atoms with van der Waals surface area (Å²) in [5.41, 5.74) is 6.67. The summed E-state index contributed by atoms with van der Waals surface area (Å²) in [5, 5.41) is 0. The molecule has 1 fully saturated rings. The van der Waals surface area contributed by atoms with E-state index in [4.69, 9.17) is 17.3 Å². The fraction of sp³-hybridized carbons (Fsp3) is 0.750. The molecular formula is C16H27ClN2S. The Morgan fingerprint density at radius 2 is 1.90 bits per heavy atom. The van der Waals surface area contributed by atoms with Crippen molar-refractivity contribution in [3.05, 3.63) is 21.3 Å². The number of rotatable bonds is 3. The molecule has 0 saturated carbocycles. The van der Waals surface area contributed by atoms with Gasteiger partial charge in [-0.1, -0.05) is 32.4 Å². The zero-order chi connectivity index (χ0) is 14.9. The van der Waals surface area contributed by atoms with Gasteiger partial charge in [0.15, 0.2) is 0 Å². The van der Waals surface area contributed by atoms with Gasteiger partial charge in [-0.05, 0) is 56.3 Å². The molecule has 1 aromatic rings. The van der Waals surface area contributed by atoms with Crippen molar-refractivity contribution in [3.8, 4) is 0 Å². The van der Waals surface area contributed by atoms with Crippen LogP contribution in [0.3, 0.4) is 0 Å². The van der Waals surface area contributed by atoms with Gasteiger partial charge in [0.25, 0.3) is 0 Å². The van der Waals surface area contributed by atoms with E-state index in [9.17, 15) is 0 Å². The van der Waals surface area contributed by atoms with Crippen LogP contribution in [0.5, 0.6) is 0 Å². The van der Waals surface area contributed by atoms with Crippen LogP contribution in [0, 0.1) is 11.3 Å². The molecule has 4 heteroatoms. The lowest BCUT2D eigenvalue weighted by Crippen LogP contribution is -2.45. The van der Waals surface area contributed by atoms with Crippen LogP contribution in [0.2, 0.25) is 4.34 Å². The van der Waals surface area contributed by atoms with Crippen molar-refractivity contribution >= 4 is 22.9 Å².